The predicted molar refractivity (Wildman–Crippen MR) is 114 cm³/mol. The van der Waals surface area contributed by atoms with Crippen LogP contribution in [0.5, 0.6) is 0 Å². The van der Waals surface area contributed by atoms with E-state index in [0.717, 1.165) is 29.8 Å². The van der Waals surface area contributed by atoms with Crippen molar-refractivity contribution in [3.8, 4) is 5.69 Å². The molecule has 9 nitrogen and oxygen atoms in total. The molecule has 2 amide bonds. The van der Waals surface area contributed by atoms with Crippen molar-refractivity contribution in [2.45, 2.75) is 37.9 Å². The van der Waals surface area contributed by atoms with Crippen LogP contribution in [-0.4, -0.2) is 55.5 Å². The van der Waals surface area contributed by atoms with E-state index >= 15 is 0 Å². The molecule has 0 aliphatic carbocycles. The average Bonchev–Trinajstić information content (AvgIpc) is 3.47. The van der Waals surface area contributed by atoms with Gasteiger partial charge in [-0.25, -0.2) is 4.68 Å². The minimum Gasteiger partial charge on any atom is -0.320 e. The molecule has 2 heterocycles. The Bertz CT molecular complexity index is 1020. The van der Waals surface area contributed by atoms with Crippen LogP contribution in [0, 0.1) is 0 Å². The molecular weight excluding hydrogens is 394 g/mol. The molecule has 0 radical (unpaired) electrons. The first-order valence-electron chi connectivity index (χ1n) is 10.3. The van der Waals surface area contributed by atoms with Gasteiger partial charge >= 0.3 is 0 Å². The Morgan fingerprint density at radius 1 is 1.13 bits per heavy atom. The number of para-hydroxylation sites is 1. The summed E-state index contributed by atoms with van der Waals surface area (Å²) in [6.45, 7) is 1.32. The summed E-state index contributed by atoms with van der Waals surface area (Å²) in [5, 5.41) is 13.9. The van der Waals surface area contributed by atoms with Gasteiger partial charge in [-0.05, 0) is 53.4 Å². The zero-order valence-corrected chi connectivity index (χ0v) is 17.1. The molecule has 0 bridgehead atoms. The van der Waals surface area contributed by atoms with Crippen molar-refractivity contribution >= 4 is 11.8 Å². The molecule has 4 rings (SSSR count). The number of likely N-dealkylation sites (tertiary alicyclic amines) is 1. The molecule has 160 valence electrons. The summed E-state index contributed by atoms with van der Waals surface area (Å²) in [4.78, 5) is 27.4. The number of amides is 2. The highest BCUT2D eigenvalue weighted by Gasteiger charge is 2.32. The summed E-state index contributed by atoms with van der Waals surface area (Å²) in [7, 11) is 0. The lowest BCUT2D eigenvalue weighted by Crippen LogP contribution is -2.50. The third-order valence-corrected chi connectivity index (χ3v) is 5.51. The Hall–Kier alpha value is -3.43. The number of tetrazole rings is 1. The van der Waals surface area contributed by atoms with Crippen LogP contribution in [0.4, 0.5) is 0 Å². The van der Waals surface area contributed by atoms with E-state index in [1.54, 1.807) is 11.0 Å². The fourth-order valence-corrected chi connectivity index (χ4v) is 3.93. The lowest BCUT2D eigenvalue weighted by atomic mass is 10.1. The molecule has 0 unspecified atom stereocenters. The minimum atomic E-state index is -0.776. The van der Waals surface area contributed by atoms with E-state index in [0.29, 0.717) is 19.4 Å². The number of hydrogen-bond donors (Lipinski definition) is 2. The van der Waals surface area contributed by atoms with Gasteiger partial charge in [0.2, 0.25) is 11.8 Å². The van der Waals surface area contributed by atoms with E-state index in [1.807, 2.05) is 54.6 Å². The van der Waals surface area contributed by atoms with Crippen molar-refractivity contribution in [3.63, 3.8) is 0 Å². The molecular formula is C22H25N7O2. The summed E-state index contributed by atoms with van der Waals surface area (Å²) in [6, 6.07) is 16.2. The Balaban J connectivity index is 1.39. The van der Waals surface area contributed by atoms with E-state index in [4.69, 9.17) is 5.73 Å². The Kier molecular flexibility index (Phi) is 6.44. The molecule has 1 aliphatic rings. The van der Waals surface area contributed by atoms with Crippen molar-refractivity contribution in [1.29, 1.82) is 0 Å². The van der Waals surface area contributed by atoms with Crippen LogP contribution in [0.3, 0.4) is 0 Å². The predicted octanol–water partition coefficient (Wildman–Crippen LogP) is 0.839. The van der Waals surface area contributed by atoms with Crippen molar-refractivity contribution in [3.05, 3.63) is 72.1 Å². The van der Waals surface area contributed by atoms with Crippen LogP contribution in [-0.2, 0) is 22.6 Å². The molecule has 3 N–H and O–H groups in total. The summed E-state index contributed by atoms with van der Waals surface area (Å²) in [6.07, 6.45) is 3.50. The number of carbonyl (C=O) groups is 2. The SMILES string of the molecule is N[C@H](Cc1ccccc1)C(=O)NC(=O)[C@@H]1CCCN1Cc1ccccc1-n1cnnn1. The van der Waals surface area contributed by atoms with Crippen LogP contribution >= 0.6 is 0 Å². The summed E-state index contributed by atoms with van der Waals surface area (Å²) in [5.74, 6) is -0.749. The van der Waals surface area contributed by atoms with Gasteiger partial charge in [0, 0.05) is 6.54 Å². The van der Waals surface area contributed by atoms with Gasteiger partial charge < -0.3 is 5.73 Å². The van der Waals surface area contributed by atoms with Crippen LogP contribution in [0.2, 0.25) is 0 Å². The highest BCUT2D eigenvalue weighted by molar-refractivity contribution is 6.00. The van der Waals surface area contributed by atoms with E-state index in [-0.39, 0.29) is 11.9 Å². The van der Waals surface area contributed by atoms with Crippen LogP contribution in [0.25, 0.3) is 5.69 Å². The van der Waals surface area contributed by atoms with Crippen LogP contribution < -0.4 is 11.1 Å². The van der Waals surface area contributed by atoms with Crippen molar-refractivity contribution in [2.75, 3.05) is 6.54 Å². The molecule has 0 spiro atoms. The zero-order valence-electron chi connectivity index (χ0n) is 17.1. The molecule has 9 heteroatoms. The number of nitrogens with zero attached hydrogens (tertiary/aromatic N) is 5. The van der Waals surface area contributed by atoms with E-state index in [1.165, 1.54) is 0 Å². The maximum Gasteiger partial charge on any atom is 0.243 e. The van der Waals surface area contributed by atoms with E-state index in [2.05, 4.69) is 25.7 Å². The number of rotatable bonds is 7. The van der Waals surface area contributed by atoms with Gasteiger partial charge in [-0.3, -0.25) is 19.8 Å². The van der Waals surface area contributed by atoms with Gasteiger partial charge in [-0.1, -0.05) is 48.5 Å². The summed E-state index contributed by atoms with van der Waals surface area (Å²) < 4.78 is 1.60. The van der Waals surface area contributed by atoms with Gasteiger partial charge in [-0.2, -0.15) is 0 Å². The van der Waals surface area contributed by atoms with E-state index in [9.17, 15) is 9.59 Å². The highest BCUT2D eigenvalue weighted by Crippen LogP contribution is 2.23. The number of carbonyl (C=O) groups excluding carboxylic acids is 2. The van der Waals surface area contributed by atoms with Gasteiger partial charge in [0.1, 0.15) is 6.33 Å². The second-order valence-corrected chi connectivity index (χ2v) is 7.66. The molecule has 1 aliphatic heterocycles. The fourth-order valence-electron chi connectivity index (χ4n) is 3.93. The highest BCUT2D eigenvalue weighted by atomic mass is 16.2. The maximum atomic E-state index is 12.9. The topological polar surface area (TPSA) is 119 Å². The van der Waals surface area contributed by atoms with Gasteiger partial charge in [0.15, 0.2) is 0 Å². The van der Waals surface area contributed by atoms with Crippen molar-refractivity contribution < 1.29 is 9.59 Å². The number of nitrogens with two attached hydrogens (primary N) is 1. The lowest BCUT2D eigenvalue weighted by Gasteiger charge is -2.25. The second kappa shape index (κ2) is 9.59. The van der Waals surface area contributed by atoms with Crippen LogP contribution in [0.1, 0.15) is 24.0 Å². The van der Waals surface area contributed by atoms with Crippen LogP contribution in [0.15, 0.2) is 60.9 Å². The first-order valence-corrected chi connectivity index (χ1v) is 10.3. The lowest BCUT2D eigenvalue weighted by molar-refractivity contribution is -0.133. The molecule has 2 atom stereocenters. The molecule has 1 aromatic heterocycles. The largest absolute Gasteiger partial charge is 0.320 e. The van der Waals surface area contributed by atoms with Crippen molar-refractivity contribution in [2.24, 2.45) is 5.73 Å². The first-order chi connectivity index (χ1) is 15.1. The fraction of sp³-hybridized carbons (Fsp3) is 0.318. The summed E-state index contributed by atoms with van der Waals surface area (Å²) >= 11 is 0. The molecule has 0 saturated carbocycles. The third-order valence-electron chi connectivity index (χ3n) is 5.51. The van der Waals surface area contributed by atoms with Gasteiger partial charge in [0.25, 0.3) is 0 Å². The molecule has 2 aromatic carbocycles. The summed E-state index contributed by atoms with van der Waals surface area (Å²) in [5.41, 5.74) is 8.85. The molecule has 1 fully saturated rings. The second-order valence-electron chi connectivity index (χ2n) is 7.66. The Morgan fingerprint density at radius 3 is 2.68 bits per heavy atom. The standard InChI is InChI=1S/C22H25N7O2/c23-18(13-16-7-2-1-3-8-16)21(30)25-22(31)20-11-6-12-28(20)14-17-9-4-5-10-19(17)29-15-24-26-27-29/h1-5,7-10,15,18,20H,6,11-14,23H2,(H,25,30,31)/t18-,20+/m1/s1. The Morgan fingerprint density at radius 2 is 1.90 bits per heavy atom. The molecule has 3 aromatic rings. The normalized spacial score (nSPS) is 17.4. The minimum absolute atomic E-state index is 0.300. The average molecular weight is 419 g/mol. The Labute approximate surface area is 180 Å². The molecule has 1 saturated heterocycles. The smallest absolute Gasteiger partial charge is 0.243 e. The van der Waals surface area contributed by atoms with E-state index < -0.39 is 11.9 Å². The van der Waals surface area contributed by atoms with Gasteiger partial charge in [-0.15, -0.1) is 5.10 Å². The third kappa shape index (κ3) is 5.01. The zero-order chi connectivity index (χ0) is 21.6. The number of benzene rings is 2. The van der Waals surface area contributed by atoms with Gasteiger partial charge in [0.05, 0.1) is 17.8 Å². The quantitative estimate of drug-likeness (QED) is 0.582. The number of hydrogen-bond acceptors (Lipinski definition) is 7. The number of nitrogens with one attached hydrogen (secondary N) is 1. The molecule has 31 heavy (non-hydrogen) atoms. The monoisotopic (exact) mass is 419 g/mol. The number of imide groups is 1. The maximum absolute atomic E-state index is 12.9. The number of aromatic nitrogens is 4. The first kappa shape index (κ1) is 20.8. The van der Waals surface area contributed by atoms with Crippen molar-refractivity contribution in [1.82, 2.24) is 30.4 Å².